The molecular formula is C19H28N4O2S. The van der Waals surface area contributed by atoms with Gasteiger partial charge >= 0.3 is 0 Å². The summed E-state index contributed by atoms with van der Waals surface area (Å²) in [5.74, 6) is 2.43. The van der Waals surface area contributed by atoms with Crippen molar-refractivity contribution in [3.63, 3.8) is 0 Å². The third-order valence-electron chi connectivity index (χ3n) is 3.91. The maximum absolute atomic E-state index is 5.50. The molecule has 0 bridgehead atoms. The monoisotopic (exact) mass is 376 g/mol. The standard InChI is InChI=1S/C19H28N4O2S/c1-6-16-11-21-18(26-16)12-22-19(20-7-2)23(3)13-14-8-9-15(24-4)10-17(14)25-5/h8-11H,6-7,12-13H2,1-5H3,(H,20,22). The van der Waals surface area contributed by atoms with Gasteiger partial charge in [0.05, 0.1) is 20.8 Å². The summed E-state index contributed by atoms with van der Waals surface area (Å²) >= 11 is 1.72. The first-order valence-electron chi connectivity index (χ1n) is 8.75. The van der Waals surface area contributed by atoms with E-state index in [1.165, 1.54) is 4.88 Å². The summed E-state index contributed by atoms with van der Waals surface area (Å²) in [6.45, 7) is 6.27. The molecule has 0 fully saturated rings. The molecule has 1 heterocycles. The van der Waals surface area contributed by atoms with Gasteiger partial charge in [0, 0.05) is 42.8 Å². The lowest BCUT2D eigenvalue weighted by molar-refractivity contribution is 0.382. The smallest absolute Gasteiger partial charge is 0.194 e. The molecule has 1 aromatic carbocycles. The molecule has 6 nitrogen and oxygen atoms in total. The molecule has 0 saturated carbocycles. The number of aliphatic imine (C=N–C) groups is 1. The predicted molar refractivity (Wildman–Crippen MR) is 107 cm³/mol. The van der Waals surface area contributed by atoms with Crippen LogP contribution in [0.3, 0.4) is 0 Å². The van der Waals surface area contributed by atoms with E-state index in [4.69, 9.17) is 14.5 Å². The van der Waals surface area contributed by atoms with Gasteiger partial charge < -0.3 is 19.7 Å². The lowest BCUT2D eigenvalue weighted by Gasteiger charge is -2.23. The third-order valence-corrected chi connectivity index (χ3v) is 5.04. The SMILES string of the molecule is CCNC(=NCc1ncc(CC)s1)N(C)Cc1ccc(OC)cc1OC. The molecule has 0 atom stereocenters. The summed E-state index contributed by atoms with van der Waals surface area (Å²) in [7, 11) is 5.34. The molecule has 1 N–H and O–H groups in total. The minimum absolute atomic E-state index is 0.580. The quantitative estimate of drug-likeness (QED) is 0.566. The number of aromatic nitrogens is 1. The van der Waals surface area contributed by atoms with Crippen LogP contribution in [0.1, 0.15) is 29.3 Å². The van der Waals surface area contributed by atoms with Crippen molar-refractivity contribution in [2.24, 2.45) is 4.99 Å². The number of benzene rings is 1. The maximum Gasteiger partial charge on any atom is 0.194 e. The van der Waals surface area contributed by atoms with Crippen molar-refractivity contribution in [3.8, 4) is 11.5 Å². The van der Waals surface area contributed by atoms with Gasteiger partial charge in [-0.15, -0.1) is 11.3 Å². The fourth-order valence-corrected chi connectivity index (χ4v) is 3.30. The van der Waals surface area contributed by atoms with Crippen molar-refractivity contribution >= 4 is 17.3 Å². The molecule has 0 saturated heterocycles. The van der Waals surface area contributed by atoms with Crippen molar-refractivity contribution in [2.45, 2.75) is 33.4 Å². The highest BCUT2D eigenvalue weighted by Gasteiger charge is 2.11. The Morgan fingerprint density at radius 3 is 2.69 bits per heavy atom. The Morgan fingerprint density at radius 1 is 1.27 bits per heavy atom. The molecule has 0 aliphatic carbocycles. The normalized spacial score (nSPS) is 11.3. The van der Waals surface area contributed by atoms with Crippen LogP contribution in [-0.4, -0.2) is 43.7 Å². The zero-order valence-electron chi connectivity index (χ0n) is 16.2. The highest BCUT2D eigenvalue weighted by Crippen LogP contribution is 2.25. The van der Waals surface area contributed by atoms with Gasteiger partial charge in [0.1, 0.15) is 16.5 Å². The van der Waals surface area contributed by atoms with Crippen molar-refractivity contribution in [1.82, 2.24) is 15.2 Å². The van der Waals surface area contributed by atoms with E-state index in [9.17, 15) is 0 Å². The van der Waals surface area contributed by atoms with Crippen molar-refractivity contribution < 1.29 is 9.47 Å². The van der Waals surface area contributed by atoms with E-state index in [0.29, 0.717) is 13.1 Å². The van der Waals surface area contributed by atoms with Crippen LogP contribution in [0.2, 0.25) is 0 Å². The van der Waals surface area contributed by atoms with Gasteiger partial charge in [-0.25, -0.2) is 9.98 Å². The summed E-state index contributed by atoms with van der Waals surface area (Å²) in [6, 6.07) is 5.86. The van der Waals surface area contributed by atoms with E-state index in [1.54, 1.807) is 25.6 Å². The molecule has 0 aliphatic rings. The number of ether oxygens (including phenoxy) is 2. The summed E-state index contributed by atoms with van der Waals surface area (Å²) < 4.78 is 10.8. The second-order valence-electron chi connectivity index (χ2n) is 5.78. The van der Waals surface area contributed by atoms with E-state index >= 15 is 0 Å². The molecule has 0 unspecified atom stereocenters. The zero-order chi connectivity index (χ0) is 18.9. The van der Waals surface area contributed by atoms with Gasteiger partial charge in [-0.1, -0.05) is 6.92 Å². The number of guanidine groups is 1. The Bertz CT molecular complexity index is 730. The van der Waals surface area contributed by atoms with E-state index in [2.05, 4.69) is 29.0 Å². The fraction of sp³-hybridized carbons (Fsp3) is 0.474. The molecule has 2 aromatic rings. The number of hydrogen-bond donors (Lipinski definition) is 1. The summed E-state index contributed by atoms with van der Waals surface area (Å²) in [4.78, 5) is 12.5. The number of thiazole rings is 1. The minimum atomic E-state index is 0.580. The topological polar surface area (TPSA) is 59.0 Å². The molecule has 0 aliphatic heterocycles. The Kier molecular flexibility index (Phi) is 7.72. The first-order valence-corrected chi connectivity index (χ1v) is 9.56. The second kappa shape index (κ2) is 10.0. The molecule has 0 spiro atoms. The number of nitrogens with zero attached hydrogens (tertiary/aromatic N) is 3. The summed E-state index contributed by atoms with van der Waals surface area (Å²) in [6.07, 6.45) is 2.95. The Labute approximate surface area is 159 Å². The average molecular weight is 377 g/mol. The molecule has 0 radical (unpaired) electrons. The Morgan fingerprint density at radius 2 is 2.08 bits per heavy atom. The number of methoxy groups -OCH3 is 2. The molecule has 142 valence electrons. The molecular weight excluding hydrogens is 348 g/mol. The van der Waals surface area contributed by atoms with Crippen molar-refractivity contribution in [3.05, 3.63) is 39.8 Å². The van der Waals surface area contributed by atoms with Crippen molar-refractivity contribution in [1.29, 1.82) is 0 Å². The van der Waals surface area contributed by atoms with Gasteiger partial charge in [0.2, 0.25) is 0 Å². The lowest BCUT2D eigenvalue weighted by Crippen LogP contribution is -2.38. The van der Waals surface area contributed by atoms with E-state index in [-0.39, 0.29) is 0 Å². The molecule has 26 heavy (non-hydrogen) atoms. The van der Waals surface area contributed by atoms with Crippen molar-refractivity contribution in [2.75, 3.05) is 27.8 Å². The molecule has 7 heteroatoms. The zero-order valence-corrected chi connectivity index (χ0v) is 17.0. The second-order valence-corrected chi connectivity index (χ2v) is 6.98. The molecule has 1 aromatic heterocycles. The lowest BCUT2D eigenvalue weighted by atomic mass is 10.2. The number of hydrogen-bond acceptors (Lipinski definition) is 5. The molecule has 0 amide bonds. The van der Waals surface area contributed by atoms with Crippen LogP contribution in [0.5, 0.6) is 11.5 Å². The van der Waals surface area contributed by atoms with Crippen LogP contribution in [0, 0.1) is 0 Å². The van der Waals surface area contributed by atoms with Crippen LogP contribution in [-0.2, 0) is 19.5 Å². The van der Waals surface area contributed by atoms with Crippen LogP contribution in [0.15, 0.2) is 29.4 Å². The highest BCUT2D eigenvalue weighted by atomic mass is 32.1. The largest absolute Gasteiger partial charge is 0.497 e. The predicted octanol–water partition coefficient (Wildman–Crippen LogP) is 3.32. The van der Waals surface area contributed by atoms with Gasteiger partial charge in [0.15, 0.2) is 5.96 Å². The Hall–Kier alpha value is -2.28. The minimum Gasteiger partial charge on any atom is -0.497 e. The van der Waals surface area contributed by atoms with Gasteiger partial charge in [-0.3, -0.25) is 0 Å². The first kappa shape index (κ1) is 20.0. The van der Waals surface area contributed by atoms with Crippen LogP contribution in [0.4, 0.5) is 0 Å². The fourth-order valence-electron chi connectivity index (χ4n) is 2.51. The van der Waals surface area contributed by atoms with E-state index < -0.39 is 0 Å². The van der Waals surface area contributed by atoms with Gasteiger partial charge in [-0.2, -0.15) is 0 Å². The van der Waals surface area contributed by atoms with Crippen LogP contribution in [0.25, 0.3) is 0 Å². The highest BCUT2D eigenvalue weighted by molar-refractivity contribution is 7.11. The van der Waals surface area contributed by atoms with E-state index in [0.717, 1.165) is 41.0 Å². The first-order chi connectivity index (χ1) is 12.6. The maximum atomic E-state index is 5.50. The summed E-state index contributed by atoms with van der Waals surface area (Å²) in [5, 5.41) is 4.38. The average Bonchev–Trinajstić information content (AvgIpc) is 3.13. The van der Waals surface area contributed by atoms with Crippen LogP contribution < -0.4 is 14.8 Å². The van der Waals surface area contributed by atoms with Gasteiger partial charge in [0.25, 0.3) is 0 Å². The van der Waals surface area contributed by atoms with Crippen LogP contribution >= 0.6 is 11.3 Å². The number of nitrogens with one attached hydrogen (secondary N) is 1. The molecule has 2 rings (SSSR count). The summed E-state index contributed by atoms with van der Waals surface area (Å²) in [5.41, 5.74) is 1.07. The van der Waals surface area contributed by atoms with E-state index in [1.807, 2.05) is 31.4 Å². The number of aryl methyl sites for hydroxylation is 1. The Balaban J connectivity index is 2.12. The number of rotatable bonds is 8. The third kappa shape index (κ3) is 5.36. The van der Waals surface area contributed by atoms with Gasteiger partial charge in [-0.05, 0) is 25.5 Å².